The molecule has 4 aliphatic heterocycles. The van der Waals surface area contributed by atoms with Gasteiger partial charge in [-0.05, 0) is 139 Å². The fraction of sp³-hybridized carbons (Fsp3) is 0.560. The third-order valence-corrected chi connectivity index (χ3v) is 15.8. The molecular weight excluding hydrogens is 860 g/mol. The summed E-state index contributed by atoms with van der Waals surface area (Å²) in [4.78, 5) is 72.6. The summed E-state index contributed by atoms with van der Waals surface area (Å²) >= 11 is 0. The van der Waals surface area contributed by atoms with Crippen LogP contribution in [0.25, 0.3) is 33.6 Å². The molecule has 2 spiro atoms. The Morgan fingerprint density at radius 1 is 0.716 bits per heavy atom. The average Bonchev–Trinajstić information content (AvgIpc) is 3.84. The Bertz CT molecular complexity index is 2570. The molecule has 356 valence electrons. The molecule has 2 aromatic heterocycles. The van der Waals surface area contributed by atoms with Crippen molar-refractivity contribution in [2.24, 2.45) is 11.8 Å². The van der Waals surface area contributed by atoms with Gasteiger partial charge in [-0.2, -0.15) is 0 Å². The SMILES string of the molecule is Cc1cc(-c2ccc(-c3c[nH]c([C@@H]4CC[C@H](C)N4C(=O)C(NC(=O)O)C4CCOC5(CC5)C4)n3)cc2)c(C)c(F)c1-c1c[nH]c([C@@H]2CC[C@H](C)N2C(=O)C(NC(=O)O)C2CCOC3(CC3)C2)n1. The Balaban J connectivity index is 0.845. The molecule has 6 fully saturated rings. The molecular formula is C50H61FN8O8. The van der Waals surface area contributed by atoms with E-state index in [2.05, 4.69) is 20.6 Å². The van der Waals surface area contributed by atoms with Gasteiger partial charge in [0.15, 0.2) is 0 Å². The minimum atomic E-state index is -1.23. The highest BCUT2D eigenvalue weighted by Gasteiger charge is 2.53. The molecule has 6 N–H and O–H groups in total. The summed E-state index contributed by atoms with van der Waals surface area (Å²) in [5, 5.41) is 24.7. The summed E-state index contributed by atoms with van der Waals surface area (Å²) < 4.78 is 28.6. The lowest BCUT2D eigenvalue weighted by Crippen LogP contribution is -2.55. The number of rotatable bonds is 11. The predicted octanol–water partition coefficient (Wildman–Crippen LogP) is 8.18. The number of nitrogens with zero attached hydrogens (tertiary/aromatic N) is 4. The summed E-state index contributed by atoms with van der Waals surface area (Å²) in [5.74, 6) is -0.0236. The van der Waals surface area contributed by atoms with Crippen LogP contribution in [0.5, 0.6) is 0 Å². The molecule has 67 heavy (non-hydrogen) atoms. The Morgan fingerprint density at radius 3 is 1.66 bits per heavy atom. The van der Waals surface area contributed by atoms with Gasteiger partial charge in [0.1, 0.15) is 29.5 Å². The van der Waals surface area contributed by atoms with E-state index in [0.29, 0.717) is 91.5 Å². The topological polar surface area (TPSA) is 215 Å². The number of amides is 4. The number of carbonyl (C=O) groups excluding carboxylic acids is 2. The van der Waals surface area contributed by atoms with Gasteiger partial charge >= 0.3 is 12.2 Å². The fourth-order valence-electron chi connectivity index (χ4n) is 11.9. The zero-order chi connectivity index (χ0) is 46.9. The third kappa shape index (κ3) is 8.57. The number of H-pyrrole nitrogens is 2. The third-order valence-electron chi connectivity index (χ3n) is 15.8. The smallest absolute Gasteiger partial charge is 0.405 e. The molecule has 0 bridgehead atoms. The van der Waals surface area contributed by atoms with Crippen molar-refractivity contribution in [2.75, 3.05) is 13.2 Å². The molecule has 6 aliphatic rings. The normalized spacial score (nSPS) is 26.9. The second-order valence-corrected chi connectivity index (χ2v) is 20.3. The Labute approximate surface area is 388 Å². The molecule has 8 atom stereocenters. The first kappa shape index (κ1) is 45.0. The van der Waals surface area contributed by atoms with Crippen molar-refractivity contribution in [3.8, 4) is 33.6 Å². The van der Waals surface area contributed by atoms with E-state index in [0.717, 1.165) is 55.2 Å². The first-order valence-electron chi connectivity index (χ1n) is 24.1. The largest absolute Gasteiger partial charge is 0.465 e. The minimum absolute atomic E-state index is 0.0938. The van der Waals surface area contributed by atoms with Gasteiger partial charge in [-0.1, -0.05) is 30.3 Å². The molecule has 0 radical (unpaired) electrons. The number of aromatic amines is 2. The number of hydrogen-bond donors (Lipinski definition) is 6. The Hall–Kier alpha value is -5.81. The standard InChI is InChI=1S/C50H61FN8O8/c1-26-21-34(29(4)40(51)39(26)36-25-53-44(55-36)38-12-6-28(3)59(38)46(61)42(57-48(64)65)33-14-20-67-50(23-33)17-18-50)30-7-9-31(10-8-30)35-24-52-43(54-35)37-11-5-27(2)58(37)45(60)41(56-47(62)63)32-13-19-66-49(22-32)15-16-49/h7-10,21,24-25,27-28,32-33,37-38,41-42,56-57H,5-6,11-20,22-23H2,1-4H3,(H,52,54)(H,53,55)(H,62,63)(H,64,65)/t27-,28-,32?,33?,37-,38-,41?,42?/m0/s1. The number of likely N-dealkylation sites (tertiary alicyclic amines) is 2. The molecule has 4 aromatic rings. The Kier molecular flexibility index (Phi) is 11.7. The summed E-state index contributed by atoms with van der Waals surface area (Å²) in [6.45, 7) is 8.60. The number of aromatic nitrogens is 4. The van der Waals surface area contributed by atoms with E-state index in [1.807, 2.05) is 62.2 Å². The number of hydrogen-bond acceptors (Lipinski definition) is 8. The van der Waals surface area contributed by atoms with Gasteiger partial charge in [-0.15, -0.1) is 0 Å². The lowest BCUT2D eigenvalue weighted by molar-refractivity contribution is -0.140. The number of benzene rings is 2. The highest BCUT2D eigenvalue weighted by molar-refractivity contribution is 5.87. The van der Waals surface area contributed by atoms with Gasteiger partial charge < -0.3 is 50.1 Å². The molecule has 10 rings (SSSR count). The van der Waals surface area contributed by atoms with Crippen LogP contribution in [0, 0.1) is 31.5 Å². The minimum Gasteiger partial charge on any atom is -0.465 e. The van der Waals surface area contributed by atoms with Crippen LogP contribution in [0.15, 0.2) is 42.7 Å². The first-order valence-corrected chi connectivity index (χ1v) is 24.1. The summed E-state index contributed by atoms with van der Waals surface area (Å²) in [5.41, 5.74) is 4.59. The van der Waals surface area contributed by atoms with Crippen molar-refractivity contribution in [1.29, 1.82) is 0 Å². The highest BCUT2D eigenvalue weighted by Crippen LogP contribution is 2.51. The lowest BCUT2D eigenvalue weighted by Gasteiger charge is -2.38. The fourth-order valence-corrected chi connectivity index (χ4v) is 11.9. The maximum absolute atomic E-state index is 16.6. The van der Waals surface area contributed by atoms with Gasteiger partial charge in [0.25, 0.3) is 0 Å². The zero-order valence-electron chi connectivity index (χ0n) is 38.6. The highest BCUT2D eigenvalue weighted by atomic mass is 19.1. The quantitative estimate of drug-likeness (QED) is 0.0848. The molecule has 4 unspecified atom stereocenters. The Morgan fingerprint density at radius 2 is 1.18 bits per heavy atom. The van der Waals surface area contributed by atoms with E-state index in [1.54, 1.807) is 18.0 Å². The molecule has 4 saturated heterocycles. The van der Waals surface area contributed by atoms with E-state index >= 15 is 4.39 Å². The molecule has 17 heteroatoms. The molecule has 2 saturated carbocycles. The van der Waals surface area contributed by atoms with E-state index in [-0.39, 0.29) is 53.0 Å². The number of carboxylic acid groups (broad SMARTS) is 2. The lowest BCUT2D eigenvalue weighted by atomic mass is 9.86. The molecule has 6 heterocycles. The number of halogens is 1. The number of ether oxygens (including phenoxy) is 2. The molecule has 4 amide bonds. The maximum Gasteiger partial charge on any atom is 0.405 e. The predicted molar refractivity (Wildman–Crippen MR) is 244 cm³/mol. The first-order chi connectivity index (χ1) is 32.1. The molecule has 16 nitrogen and oxygen atoms in total. The number of aryl methyl sites for hydroxylation is 1. The van der Waals surface area contributed by atoms with Crippen molar-refractivity contribution < 1.29 is 43.3 Å². The monoisotopic (exact) mass is 920 g/mol. The van der Waals surface area contributed by atoms with Gasteiger partial charge in [0, 0.05) is 48.8 Å². The van der Waals surface area contributed by atoms with E-state index in [1.165, 1.54) is 0 Å². The second kappa shape index (κ2) is 17.4. The van der Waals surface area contributed by atoms with Gasteiger partial charge in [0.2, 0.25) is 11.8 Å². The van der Waals surface area contributed by atoms with Crippen LogP contribution in [0.3, 0.4) is 0 Å². The van der Waals surface area contributed by atoms with E-state index < -0.39 is 36.1 Å². The number of imidazole rings is 2. The molecule has 2 aromatic carbocycles. The average molecular weight is 921 g/mol. The van der Waals surface area contributed by atoms with Crippen LogP contribution in [-0.4, -0.2) is 113 Å². The van der Waals surface area contributed by atoms with Crippen LogP contribution < -0.4 is 10.6 Å². The van der Waals surface area contributed by atoms with Gasteiger partial charge in [-0.25, -0.2) is 23.9 Å². The zero-order valence-corrected chi connectivity index (χ0v) is 38.6. The van der Waals surface area contributed by atoms with E-state index in [4.69, 9.17) is 19.4 Å². The van der Waals surface area contributed by atoms with Crippen LogP contribution in [0.2, 0.25) is 0 Å². The van der Waals surface area contributed by atoms with Crippen molar-refractivity contribution in [2.45, 2.75) is 152 Å². The van der Waals surface area contributed by atoms with Crippen molar-refractivity contribution >= 4 is 24.0 Å². The second-order valence-electron chi connectivity index (χ2n) is 20.3. The van der Waals surface area contributed by atoms with Crippen LogP contribution in [0.1, 0.15) is 126 Å². The molecule has 2 aliphatic carbocycles. The van der Waals surface area contributed by atoms with Crippen LogP contribution >= 0.6 is 0 Å². The van der Waals surface area contributed by atoms with Crippen molar-refractivity contribution in [3.63, 3.8) is 0 Å². The van der Waals surface area contributed by atoms with Crippen molar-refractivity contribution in [3.05, 3.63) is 71.3 Å². The van der Waals surface area contributed by atoms with E-state index in [9.17, 15) is 29.4 Å². The summed E-state index contributed by atoms with van der Waals surface area (Å²) in [6, 6.07) is 6.97. The van der Waals surface area contributed by atoms with Gasteiger partial charge in [0.05, 0.1) is 34.7 Å². The van der Waals surface area contributed by atoms with Crippen molar-refractivity contribution in [1.82, 2.24) is 40.4 Å². The maximum atomic E-state index is 16.6. The van der Waals surface area contributed by atoms with Gasteiger partial charge in [-0.3, -0.25) is 9.59 Å². The van der Waals surface area contributed by atoms with Crippen LogP contribution in [0.4, 0.5) is 14.0 Å². The summed E-state index contributed by atoms with van der Waals surface area (Å²) in [6.07, 6.45) is 10.1. The van der Waals surface area contributed by atoms with Crippen LogP contribution in [-0.2, 0) is 19.1 Å². The number of carbonyl (C=O) groups is 4. The number of nitrogens with one attached hydrogen (secondary N) is 4. The summed E-state index contributed by atoms with van der Waals surface area (Å²) in [7, 11) is 0.